The van der Waals surface area contributed by atoms with Gasteiger partial charge in [0.2, 0.25) is 21.8 Å². The Labute approximate surface area is 209 Å². The second-order valence-corrected chi connectivity index (χ2v) is 11.5. The Bertz CT molecular complexity index is 1130. The third kappa shape index (κ3) is 7.31. The second-order valence-electron chi connectivity index (χ2n) is 9.55. The van der Waals surface area contributed by atoms with E-state index in [1.807, 2.05) is 56.3 Å². The maximum Gasteiger partial charge on any atom is 0.244 e. The average Bonchev–Trinajstić information content (AvgIpc) is 3.31. The van der Waals surface area contributed by atoms with Crippen LogP contribution < -0.4 is 9.62 Å². The summed E-state index contributed by atoms with van der Waals surface area (Å²) in [6, 6.07) is 14.6. The molecule has 3 rings (SSSR count). The standard InChI is InChI=1S/C27H37N3O4S/c1-20-14-15-25(21(2)18-20)30(35(4,33)34)19-26(31)29(17-16-23-10-6-5-7-11-23)22(3)27(32)28-24-12-8-9-13-24/h5-7,10-11,14-15,18,22,24H,8-9,12-13,16-17,19H2,1-4H3,(H,28,32)/t22-/m1/s1. The summed E-state index contributed by atoms with van der Waals surface area (Å²) in [6.45, 7) is 5.43. The van der Waals surface area contributed by atoms with E-state index in [1.165, 1.54) is 4.90 Å². The fourth-order valence-electron chi connectivity index (χ4n) is 4.64. The molecule has 0 radical (unpaired) electrons. The molecule has 0 unspecified atom stereocenters. The highest BCUT2D eigenvalue weighted by molar-refractivity contribution is 7.92. The minimum atomic E-state index is -3.73. The Hall–Kier alpha value is -2.87. The lowest BCUT2D eigenvalue weighted by Gasteiger charge is -2.32. The summed E-state index contributed by atoms with van der Waals surface area (Å²) >= 11 is 0. The summed E-state index contributed by atoms with van der Waals surface area (Å²) in [5.74, 6) is -0.601. The van der Waals surface area contributed by atoms with E-state index in [1.54, 1.807) is 13.0 Å². The molecule has 2 aromatic carbocycles. The van der Waals surface area contributed by atoms with Gasteiger partial charge in [-0.25, -0.2) is 8.42 Å². The Kier molecular flexibility index (Phi) is 8.94. The number of amides is 2. The van der Waals surface area contributed by atoms with E-state index >= 15 is 0 Å². The van der Waals surface area contributed by atoms with Crippen molar-refractivity contribution in [3.8, 4) is 0 Å². The molecule has 35 heavy (non-hydrogen) atoms. The van der Waals surface area contributed by atoms with Crippen LogP contribution in [0.4, 0.5) is 5.69 Å². The number of nitrogens with zero attached hydrogens (tertiary/aromatic N) is 2. The third-order valence-electron chi connectivity index (χ3n) is 6.65. The molecular weight excluding hydrogens is 462 g/mol. The van der Waals surface area contributed by atoms with Gasteiger partial charge in [0.05, 0.1) is 11.9 Å². The van der Waals surface area contributed by atoms with E-state index in [2.05, 4.69) is 5.32 Å². The third-order valence-corrected chi connectivity index (χ3v) is 7.78. The van der Waals surface area contributed by atoms with E-state index in [9.17, 15) is 18.0 Å². The molecule has 0 heterocycles. The molecule has 0 aliphatic heterocycles. The van der Waals surface area contributed by atoms with Gasteiger partial charge in [-0.05, 0) is 57.2 Å². The van der Waals surface area contributed by atoms with Crippen LogP contribution in [0.15, 0.2) is 48.5 Å². The first-order valence-corrected chi connectivity index (χ1v) is 14.1. The summed E-state index contributed by atoms with van der Waals surface area (Å²) in [5, 5.41) is 3.08. The highest BCUT2D eigenvalue weighted by atomic mass is 32.2. The van der Waals surface area contributed by atoms with Crippen LogP contribution in [0.1, 0.15) is 49.3 Å². The summed E-state index contributed by atoms with van der Waals surface area (Å²) in [4.78, 5) is 28.2. The van der Waals surface area contributed by atoms with Gasteiger partial charge >= 0.3 is 0 Å². The molecule has 1 saturated carbocycles. The van der Waals surface area contributed by atoms with E-state index in [0.717, 1.165) is 52.9 Å². The largest absolute Gasteiger partial charge is 0.352 e. The van der Waals surface area contributed by atoms with Gasteiger partial charge in [-0.3, -0.25) is 13.9 Å². The smallest absolute Gasteiger partial charge is 0.244 e. The zero-order valence-corrected chi connectivity index (χ0v) is 22.0. The molecule has 2 aromatic rings. The fraction of sp³-hybridized carbons (Fsp3) is 0.481. The van der Waals surface area contributed by atoms with Crippen molar-refractivity contribution in [3.63, 3.8) is 0 Å². The molecule has 0 spiro atoms. The molecule has 8 heteroatoms. The fourth-order valence-corrected chi connectivity index (χ4v) is 5.55. The first-order valence-electron chi connectivity index (χ1n) is 12.2. The first kappa shape index (κ1) is 26.7. The lowest BCUT2D eigenvalue weighted by Crippen LogP contribution is -2.53. The van der Waals surface area contributed by atoms with E-state index < -0.39 is 22.0 Å². The highest BCUT2D eigenvalue weighted by Crippen LogP contribution is 2.24. The molecule has 0 saturated heterocycles. The number of nitrogens with one attached hydrogen (secondary N) is 1. The Morgan fingerprint density at radius 3 is 2.31 bits per heavy atom. The molecule has 0 aromatic heterocycles. The first-order chi connectivity index (χ1) is 16.6. The van der Waals surface area contributed by atoms with Crippen molar-refractivity contribution in [3.05, 3.63) is 65.2 Å². The summed E-state index contributed by atoms with van der Waals surface area (Å²) in [5.41, 5.74) is 3.29. The van der Waals surface area contributed by atoms with Crippen molar-refractivity contribution in [2.45, 2.75) is 65.0 Å². The van der Waals surface area contributed by atoms with Crippen LogP contribution >= 0.6 is 0 Å². The number of aryl methyl sites for hydroxylation is 2. The van der Waals surface area contributed by atoms with Crippen LogP contribution in [0.25, 0.3) is 0 Å². The van der Waals surface area contributed by atoms with Crippen molar-refractivity contribution >= 4 is 27.5 Å². The van der Waals surface area contributed by atoms with Crippen LogP contribution in [-0.4, -0.2) is 56.6 Å². The number of sulfonamides is 1. The maximum atomic E-state index is 13.6. The van der Waals surface area contributed by atoms with Gasteiger partial charge < -0.3 is 10.2 Å². The number of carbonyl (C=O) groups excluding carboxylic acids is 2. The van der Waals surface area contributed by atoms with Crippen LogP contribution in [-0.2, 0) is 26.0 Å². The second kappa shape index (κ2) is 11.7. The molecule has 1 fully saturated rings. The molecule has 1 aliphatic rings. The van der Waals surface area contributed by atoms with Crippen molar-refractivity contribution in [2.24, 2.45) is 0 Å². The summed E-state index contributed by atoms with van der Waals surface area (Å²) in [7, 11) is -3.73. The molecular formula is C27H37N3O4S. The van der Waals surface area contributed by atoms with Gasteiger partial charge in [0.1, 0.15) is 12.6 Å². The quantitative estimate of drug-likeness (QED) is 0.541. The normalized spacial score (nSPS) is 15.0. The van der Waals surface area contributed by atoms with Crippen molar-refractivity contribution < 1.29 is 18.0 Å². The molecule has 1 atom stereocenters. The number of carbonyl (C=O) groups is 2. The predicted molar refractivity (Wildman–Crippen MR) is 140 cm³/mol. The van der Waals surface area contributed by atoms with E-state index in [-0.39, 0.29) is 18.5 Å². The maximum absolute atomic E-state index is 13.6. The Balaban J connectivity index is 1.84. The molecule has 190 valence electrons. The topological polar surface area (TPSA) is 86.8 Å². The lowest BCUT2D eigenvalue weighted by molar-refractivity contribution is -0.139. The van der Waals surface area contributed by atoms with E-state index in [0.29, 0.717) is 18.7 Å². The summed E-state index contributed by atoms with van der Waals surface area (Å²) in [6.07, 6.45) is 5.75. The number of hydrogen-bond acceptors (Lipinski definition) is 4. The van der Waals surface area contributed by atoms with Crippen LogP contribution in [0, 0.1) is 13.8 Å². The number of anilines is 1. The number of rotatable bonds is 10. The minimum absolute atomic E-state index is 0.138. The molecule has 7 nitrogen and oxygen atoms in total. The van der Waals surface area contributed by atoms with Gasteiger partial charge in [0.15, 0.2) is 0 Å². The molecule has 0 bridgehead atoms. The summed E-state index contributed by atoms with van der Waals surface area (Å²) < 4.78 is 26.6. The average molecular weight is 500 g/mol. The lowest BCUT2D eigenvalue weighted by atomic mass is 10.1. The van der Waals surface area contributed by atoms with Crippen LogP contribution in [0.3, 0.4) is 0 Å². The Morgan fingerprint density at radius 1 is 1.06 bits per heavy atom. The minimum Gasteiger partial charge on any atom is -0.352 e. The van der Waals surface area contributed by atoms with Crippen molar-refractivity contribution in [1.82, 2.24) is 10.2 Å². The monoisotopic (exact) mass is 499 g/mol. The number of hydrogen-bond donors (Lipinski definition) is 1. The van der Waals surface area contributed by atoms with Gasteiger partial charge in [-0.2, -0.15) is 0 Å². The molecule has 2 amide bonds. The van der Waals surface area contributed by atoms with Gasteiger partial charge in [0, 0.05) is 12.6 Å². The Morgan fingerprint density at radius 2 is 1.71 bits per heavy atom. The zero-order chi connectivity index (χ0) is 25.6. The van der Waals surface area contributed by atoms with Crippen LogP contribution in [0.2, 0.25) is 0 Å². The van der Waals surface area contributed by atoms with Crippen molar-refractivity contribution in [1.29, 1.82) is 0 Å². The van der Waals surface area contributed by atoms with Gasteiger partial charge in [-0.15, -0.1) is 0 Å². The van der Waals surface area contributed by atoms with Gasteiger partial charge in [-0.1, -0.05) is 60.9 Å². The molecule has 1 N–H and O–H groups in total. The molecule has 1 aliphatic carbocycles. The van der Waals surface area contributed by atoms with Crippen LogP contribution in [0.5, 0.6) is 0 Å². The van der Waals surface area contributed by atoms with E-state index in [4.69, 9.17) is 0 Å². The SMILES string of the molecule is Cc1ccc(N(CC(=O)N(CCc2ccccc2)[C@H](C)C(=O)NC2CCCC2)S(C)(=O)=O)c(C)c1. The highest BCUT2D eigenvalue weighted by Gasteiger charge is 2.31. The van der Waals surface area contributed by atoms with Crippen molar-refractivity contribution in [2.75, 3.05) is 23.7 Å². The predicted octanol–water partition coefficient (Wildman–Crippen LogP) is 3.59. The zero-order valence-electron chi connectivity index (χ0n) is 21.2. The number of benzene rings is 2. The van der Waals surface area contributed by atoms with Gasteiger partial charge in [0.25, 0.3) is 0 Å².